The smallest absolute Gasteiger partial charge is 0.118 e. The van der Waals surface area contributed by atoms with Crippen molar-refractivity contribution in [2.24, 2.45) is 0 Å². The van der Waals surface area contributed by atoms with Crippen molar-refractivity contribution in [3.63, 3.8) is 0 Å². The lowest BCUT2D eigenvalue weighted by Crippen LogP contribution is -2.30. The van der Waals surface area contributed by atoms with Gasteiger partial charge in [-0.3, -0.25) is 4.90 Å². The molecule has 0 radical (unpaired) electrons. The summed E-state index contributed by atoms with van der Waals surface area (Å²) < 4.78 is 10.4. The zero-order valence-electron chi connectivity index (χ0n) is 14.0. The van der Waals surface area contributed by atoms with Gasteiger partial charge in [-0.2, -0.15) is 0 Å². The van der Waals surface area contributed by atoms with Gasteiger partial charge in [0.25, 0.3) is 0 Å². The van der Waals surface area contributed by atoms with Gasteiger partial charge >= 0.3 is 0 Å². The summed E-state index contributed by atoms with van der Waals surface area (Å²) >= 11 is 0. The Morgan fingerprint density at radius 3 is 1.52 bits per heavy atom. The summed E-state index contributed by atoms with van der Waals surface area (Å²) in [5.41, 5.74) is 2.39. The second kappa shape index (κ2) is 8.56. The first kappa shape index (κ1) is 17.3. The summed E-state index contributed by atoms with van der Waals surface area (Å²) in [7, 11) is 3.33. The van der Waals surface area contributed by atoms with E-state index in [0.717, 1.165) is 24.6 Å². The van der Waals surface area contributed by atoms with Gasteiger partial charge in [-0.15, -0.1) is 0 Å². The van der Waals surface area contributed by atoms with Gasteiger partial charge in [-0.25, -0.2) is 0 Å². The van der Waals surface area contributed by atoms with E-state index < -0.39 is 0 Å². The SMILES string of the molecule is COc1ccc(CN(Cc2ccc(OC)cc2)CC(C)O)cc1. The number of nitrogens with zero attached hydrogens (tertiary/aromatic N) is 1. The first-order valence-electron chi connectivity index (χ1n) is 7.77. The molecule has 4 heteroatoms. The molecule has 1 N–H and O–H groups in total. The first-order chi connectivity index (χ1) is 11.1. The van der Waals surface area contributed by atoms with Crippen molar-refractivity contribution in [3.8, 4) is 11.5 Å². The van der Waals surface area contributed by atoms with Gasteiger partial charge in [-0.05, 0) is 42.3 Å². The predicted molar refractivity (Wildman–Crippen MR) is 91.8 cm³/mol. The zero-order chi connectivity index (χ0) is 16.7. The lowest BCUT2D eigenvalue weighted by Gasteiger charge is -2.24. The van der Waals surface area contributed by atoms with E-state index >= 15 is 0 Å². The zero-order valence-corrected chi connectivity index (χ0v) is 14.0. The van der Waals surface area contributed by atoms with Crippen LogP contribution in [0.4, 0.5) is 0 Å². The van der Waals surface area contributed by atoms with Gasteiger partial charge in [-0.1, -0.05) is 24.3 Å². The van der Waals surface area contributed by atoms with Crippen molar-refractivity contribution < 1.29 is 14.6 Å². The van der Waals surface area contributed by atoms with Gasteiger partial charge < -0.3 is 14.6 Å². The highest BCUT2D eigenvalue weighted by atomic mass is 16.5. The number of rotatable bonds is 8. The molecule has 23 heavy (non-hydrogen) atoms. The molecule has 124 valence electrons. The van der Waals surface area contributed by atoms with Crippen LogP contribution in [0.3, 0.4) is 0 Å². The Labute approximate surface area is 138 Å². The van der Waals surface area contributed by atoms with Gasteiger partial charge in [0.2, 0.25) is 0 Å². The van der Waals surface area contributed by atoms with E-state index in [1.807, 2.05) is 31.2 Å². The Kier molecular flexibility index (Phi) is 6.44. The number of hydrogen-bond donors (Lipinski definition) is 1. The van der Waals surface area contributed by atoms with Crippen LogP contribution in [0.5, 0.6) is 11.5 Å². The monoisotopic (exact) mass is 315 g/mol. The Morgan fingerprint density at radius 2 is 1.22 bits per heavy atom. The molecule has 2 aromatic carbocycles. The number of aliphatic hydroxyl groups excluding tert-OH is 1. The third-order valence-electron chi connectivity index (χ3n) is 3.65. The molecule has 1 unspecified atom stereocenters. The largest absolute Gasteiger partial charge is 0.497 e. The summed E-state index contributed by atoms with van der Waals surface area (Å²) in [5.74, 6) is 1.71. The highest BCUT2D eigenvalue weighted by molar-refractivity contribution is 5.28. The van der Waals surface area contributed by atoms with Crippen LogP contribution in [0, 0.1) is 0 Å². The topological polar surface area (TPSA) is 41.9 Å². The molecule has 0 aliphatic heterocycles. The highest BCUT2D eigenvalue weighted by Gasteiger charge is 2.10. The molecule has 0 aliphatic rings. The maximum Gasteiger partial charge on any atom is 0.118 e. The molecule has 0 bridgehead atoms. The van der Waals surface area contributed by atoms with Gasteiger partial charge in [0.1, 0.15) is 11.5 Å². The van der Waals surface area contributed by atoms with Gasteiger partial charge in [0.05, 0.1) is 20.3 Å². The van der Waals surface area contributed by atoms with E-state index in [1.54, 1.807) is 14.2 Å². The molecule has 0 aliphatic carbocycles. The minimum absolute atomic E-state index is 0.369. The fraction of sp³-hybridized carbons (Fsp3) is 0.368. The van der Waals surface area contributed by atoms with Crippen molar-refractivity contribution in [1.29, 1.82) is 0 Å². The Balaban J connectivity index is 2.05. The molecule has 1 atom stereocenters. The molecule has 2 rings (SSSR count). The molecule has 0 aromatic heterocycles. The molecule has 0 saturated heterocycles. The number of methoxy groups -OCH3 is 2. The Hall–Kier alpha value is -2.04. The van der Waals surface area contributed by atoms with Crippen molar-refractivity contribution in [2.75, 3.05) is 20.8 Å². The van der Waals surface area contributed by atoms with Crippen LogP contribution in [0.25, 0.3) is 0 Å². The first-order valence-corrected chi connectivity index (χ1v) is 7.77. The summed E-state index contributed by atoms with van der Waals surface area (Å²) in [6, 6.07) is 16.1. The second-order valence-electron chi connectivity index (χ2n) is 5.71. The molecular weight excluding hydrogens is 290 g/mol. The van der Waals surface area contributed by atoms with Crippen molar-refractivity contribution >= 4 is 0 Å². The van der Waals surface area contributed by atoms with Crippen LogP contribution in [0.15, 0.2) is 48.5 Å². The van der Waals surface area contributed by atoms with Crippen LogP contribution in [0.2, 0.25) is 0 Å². The van der Waals surface area contributed by atoms with Gasteiger partial charge in [0, 0.05) is 19.6 Å². The van der Waals surface area contributed by atoms with Crippen molar-refractivity contribution in [1.82, 2.24) is 4.90 Å². The van der Waals surface area contributed by atoms with Crippen LogP contribution >= 0.6 is 0 Å². The van der Waals surface area contributed by atoms with Crippen LogP contribution in [-0.2, 0) is 13.1 Å². The second-order valence-corrected chi connectivity index (χ2v) is 5.71. The normalized spacial score (nSPS) is 12.2. The maximum atomic E-state index is 9.76. The number of ether oxygens (including phenoxy) is 2. The number of benzene rings is 2. The summed E-state index contributed by atoms with van der Waals surface area (Å²) in [6.07, 6.45) is -0.369. The molecule has 0 amide bonds. The predicted octanol–water partition coefficient (Wildman–Crippen LogP) is 3.09. The number of aliphatic hydroxyl groups is 1. The fourth-order valence-electron chi connectivity index (χ4n) is 2.54. The standard InChI is InChI=1S/C19H25NO3/c1-15(21)12-20(13-16-4-8-18(22-2)9-5-16)14-17-6-10-19(23-3)11-7-17/h4-11,15,21H,12-14H2,1-3H3. The van der Waals surface area contributed by atoms with Crippen LogP contribution in [0.1, 0.15) is 18.1 Å². The average Bonchev–Trinajstić information content (AvgIpc) is 2.55. The quantitative estimate of drug-likeness (QED) is 0.813. The lowest BCUT2D eigenvalue weighted by atomic mass is 10.1. The minimum atomic E-state index is -0.369. The van der Waals surface area contributed by atoms with Crippen LogP contribution in [-0.4, -0.2) is 36.9 Å². The molecule has 2 aromatic rings. The summed E-state index contributed by atoms with van der Waals surface area (Å²) in [4.78, 5) is 2.23. The molecule has 0 spiro atoms. The Bertz CT molecular complexity index is 529. The summed E-state index contributed by atoms with van der Waals surface area (Å²) in [6.45, 7) is 3.99. The molecule has 0 fully saturated rings. The van der Waals surface area contributed by atoms with Crippen molar-refractivity contribution in [2.45, 2.75) is 26.1 Å². The van der Waals surface area contributed by atoms with E-state index in [2.05, 4.69) is 29.2 Å². The fourth-order valence-corrected chi connectivity index (χ4v) is 2.54. The van der Waals surface area contributed by atoms with E-state index in [1.165, 1.54) is 11.1 Å². The number of hydrogen-bond acceptors (Lipinski definition) is 4. The molecular formula is C19H25NO3. The van der Waals surface area contributed by atoms with E-state index in [4.69, 9.17) is 9.47 Å². The third kappa shape index (κ3) is 5.58. The summed E-state index contributed by atoms with van der Waals surface area (Å²) in [5, 5.41) is 9.76. The maximum absolute atomic E-state index is 9.76. The minimum Gasteiger partial charge on any atom is -0.497 e. The molecule has 0 saturated carbocycles. The van der Waals surface area contributed by atoms with E-state index in [9.17, 15) is 5.11 Å². The van der Waals surface area contributed by atoms with E-state index in [-0.39, 0.29) is 6.10 Å². The third-order valence-corrected chi connectivity index (χ3v) is 3.65. The molecule has 4 nitrogen and oxygen atoms in total. The lowest BCUT2D eigenvalue weighted by molar-refractivity contribution is 0.118. The van der Waals surface area contributed by atoms with Crippen molar-refractivity contribution in [3.05, 3.63) is 59.7 Å². The van der Waals surface area contributed by atoms with Crippen LogP contribution < -0.4 is 9.47 Å². The Morgan fingerprint density at radius 1 is 0.826 bits per heavy atom. The molecule has 0 heterocycles. The van der Waals surface area contributed by atoms with E-state index in [0.29, 0.717) is 6.54 Å². The van der Waals surface area contributed by atoms with Gasteiger partial charge in [0.15, 0.2) is 0 Å². The average molecular weight is 315 g/mol. The highest BCUT2D eigenvalue weighted by Crippen LogP contribution is 2.17.